The quantitative estimate of drug-likeness (QED) is 0.563. The number of ether oxygens (including phenoxy) is 2. The molecule has 1 fully saturated rings. The first kappa shape index (κ1) is 21.8. The fourth-order valence-corrected chi connectivity index (χ4v) is 3.62. The Hall–Kier alpha value is -3.39. The summed E-state index contributed by atoms with van der Waals surface area (Å²) in [6.45, 7) is 7.39. The zero-order valence-electron chi connectivity index (χ0n) is 18.7. The number of hydrogen-bond donors (Lipinski definition) is 0. The van der Waals surface area contributed by atoms with Gasteiger partial charge in [0, 0.05) is 31.7 Å². The van der Waals surface area contributed by atoms with Crippen molar-refractivity contribution in [1.82, 2.24) is 19.9 Å². The molecule has 0 bridgehead atoms. The second-order valence-electron chi connectivity index (χ2n) is 7.95. The van der Waals surface area contributed by atoms with Gasteiger partial charge in [-0.3, -0.25) is 9.69 Å². The molecule has 2 aromatic carbocycles. The van der Waals surface area contributed by atoms with Crippen molar-refractivity contribution in [2.45, 2.75) is 20.4 Å². The summed E-state index contributed by atoms with van der Waals surface area (Å²) in [6.07, 6.45) is 0. The van der Waals surface area contributed by atoms with E-state index < -0.39 is 0 Å². The number of piperazine rings is 1. The van der Waals surface area contributed by atoms with Crippen LogP contribution in [0.3, 0.4) is 0 Å². The number of aryl methyl sites for hydroxylation is 2. The van der Waals surface area contributed by atoms with Crippen molar-refractivity contribution in [2.24, 2.45) is 0 Å². The number of methoxy groups -OCH3 is 1. The van der Waals surface area contributed by atoms with Crippen LogP contribution in [0.4, 0.5) is 0 Å². The molecular formula is C24H28N4O4. The number of benzene rings is 2. The first-order chi connectivity index (χ1) is 15.5. The monoisotopic (exact) mass is 436 g/mol. The molecule has 8 nitrogen and oxygen atoms in total. The topological polar surface area (TPSA) is 80.9 Å². The van der Waals surface area contributed by atoms with Gasteiger partial charge in [-0.15, -0.1) is 0 Å². The summed E-state index contributed by atoms with van der Waals surface area (Å²) in [7, 11) is 1.63. The summed E-state index contributed by atoms with van der Waals surface area (Å²) in [4.78, 5) is 21.1. The van der Waals surface area contributed by atoms with Crippen LogP contribution in [0.1, 0.15) is 17.0 Å². The van der Waals surface area contributed by atoms with Crippen molar-refractivity contribution in [2.75, 3.05) is 39.9 Å². The van der Waals surface area contributed by atoms with Crippen molar-refractivity contribution in [3.8, 4) is 22.9 Å². The summed E-state index contributed by atoms with van der Waals surface area (Å²) in [5.74, 6) is 2.67. The van der Waals surface area contributed by atoms with Crippen LogP contribution in [-0.4, -0.2) is 65.7 Å². The summed E-state index contributed by atoms with van der Waals surface area (Å²) >= 11 is 0. The molecular weight excluding hydrogens is 408 g/mol. The number of amides is 1. The number of nitrogens with zero attached hydrogens (tertiary/aromatic N) is 4. The lowest BCUT2D eigenvalue weighted by Crippen LogP contribution is -2.49. The van der Waals surface area contributed by atoms with E-state index in [0.29, 0.717) is 31.3 Å². The van der Waals surface area contributed by atoms with Gasteiger partial charge >= 0.3 is 0 Å². The van der Waals surface area contributed by atoms with E-state index in [0.717, 1.165) is 41.3 Å². The summed E-state index contributed by atoms with van der Waals surface area (Å²) in [5.41, 5.74) is 3.02. The second kappa shape index (κ2) is 9.82. The lowest BCUT2D eigenvalue weighted by atomic mass is 10.1. The van der Waals surface area contributed by atoms with Crippen molar-refractivity contribution in [3.63, 3.8) is 0 Å². The molecule has 0 radical (unpaired) electrons. The SMILES string of the molecule is COc1ccc(-c2noc(CN3CCN(C(=O)COc4cc(C)ccc4C)CC3)n2)cc1. The average molecular weight is 437 g/mol. The molecule has 168 valence electrons. The Morgan fingerprint density at radius 1 is 1.06 bits per heavy atom. The van der Waals surface area contributed by atoms with Crippen molar-refractivity contribution >= 4 is 5.91 Å². The van der Waals surface area contributed by atoms with Gasteiger partial charge in [-0.05, 0) is 55.3 Å². The third-order valence-corrected chi connectivity index (χ3v) is 5.59. The smallest absolute Gasteiger partial charge is 0.260 e. The van der Waals surface area contributed by atoms with Gasteiger partial charge in [-0.25, -0.2) is 0 Å². The van der Waals surface area contributed by atoms with Crippen LogP contribution in [0.15, 0.2) is 47.0 Å². The standard InChI is InChI=1S/C24H28N4O4/c1-17-4-5-18(2)21(14-17)31-16-23(29)28-12-10-27(11-13-28)15-22-25-24(26-32-22)19-6-8-20(30-3)9-7-19/h4-9,14H,10-13,15-16H2,1-3H3. The van der Waals surface area contributed by atoms with Crippen molar-refractivity contribution in [3.05, 3.63) is 59.5 Å². The van der Waals surface area contributed by atoms with Crippen LogP contribution < -0.4 is 9.47 Å². The third-order valence-electron chi connectivity index (χ3n) is 5.59. The van der Waals surface area contributed by atoms with Crippen LogP contribution in [0.25, 0.3) is 11.4 Å². The van der Waals surface area contributed by atoms with Crippen LogP contribution in [0.5, 0.6) is 11.5 Å². The van der Waals surface area contributed by atoms with Gasteiger partial charge in [-0.1, -0.05) is 17.3 Å². The molecule has 1 amide bonds. The highest BCUT2D eigenvalue weighted by Crippen LogP contribution is 2.21. The van der Waals surface area contributed by atoms with Crippen molar-refractivity contribution in [1.29, 1.82) is 0 Å². The van der Waals surface area contributed by atoms with E-state index >= 15 is 0 Å². The molecule has 0 aliphatic carbocycles. The summed E-state index contributed by atoms with van der Waals surface area (Å²) in [5, 5.41) is 4.08. The van der Waals surface area contributed by atoms with E-state index in [2.05, 4.69) is 15.0 Å². The van der Waals surface area contributed by atoms with Gasteiger partial charge in [0.05, 0.1) is 13.7 Å². The fourth-order valence-electron chi connectivity index (χ4n) is 3.62. The van der Waals surface area contributed by atoms with Gasteiger partial charge in [0.25, 0.3) is 5.91 Å². The summed E-state index contributed by atoms with van der Waals surface area (Å²) < 4.78 is 16.4. The predicted octanol–water partition coefficient (Wildman–Crippen LogP) is 3.09. The molecule has 1 aliphatic heterocycles. The van der Waals surface area contributed by atoms with E-state index in [1.165, 1.54) is 0 Å². The van der Waals surface area contributed by atoms with Gasteiger partial charge in [0.1, 0.15) is 11.5 Å². The van der Waals surface area contributed by atoms with Crippen LogP contribution >= 0.6 is 0 Å². The zero-order valence-corrected chi connectivity index (χ0v) is 18.7. The third kappa shape index (κ3) is 5.26. The van der Waals surface area contributed by atoms with Gasteiger partial charge in [-0.2, -0.15) is 4.98 Å². The lowest BCUT2D eigenvalue weighted by molar-refractivity contribution is -0.135. The highest BCUT2D eigenvalue weighted by atomic mass is 16.5. The van der Waals surface area contributed by atoms with E-state index in [9.17, 15) is 4.79 Å². The van der Waals surface area contributed by atoms with E-state index in [1.54, 1.807) is 7.11 Å². The number of hydrogen-bond acceptors (Lipinski definition) is 7. The average Bonchev–Trinajstić information content (AvgIpc) is 3.28. The van der Waals surface area contributed by atoms with E-state index in [4.69, 9.17) is 14.0 Å². The molecule has 0 saturated carbocycles. The normalized spacial score (nSPS) is 14.4. The van der Waals surface area contributed by atoms with Gasteiger partial charge < -0.3 is 18.9 Å². The molecule has 8 heteroatoms. The van der Waals surface area contributed by atoms with Crippen LogP contribution in [-0.2, 0) is 11.3 Å². The Balaban J connectivity index is 1.25. The number of carbonyl (C=O) groups excluding carboxylic acids is 1. The number of aromatic nitrogens is 2. The maximum absolute atomic E-state index is 12.6. The van der Waals surface area contributed by atoms with Crippen molar-refractivity contribution < 1.29 is 18.8 Å². The maximum atomic E-state index is 12.6. The lowest BCUT2D eigenvalue weighted by Gasteiger charge is -2.33. The molecule has 1 saturated heterocycles. The highest BCUT2D eigenvalue weighted by molar-refractivity contribution is 5.78. The zero-order chi connectivity index (χ0) is 22.5. The molecule has 4 rings (SSSR count). The summed E-state index contributed by atoms with van der Waals surface area (Å²) in [6, 6.07) is 13.5. The molecule has 2 heterocycles. The molecule has 0 N–H and O–H groups in total. The minimum atomic E-state index is 0.00476. The fraction of sp³-hybridized carbons (Fsp3) is 0.375. The maximum Gasteiger partial charge on any atom is 0.260 e. The Morgan fingerprint density at radius 2 is 1.81 bits per heavy atom. The Kier molecular flexibility index (Phi) is 6.70. The molecule has 0 spiro atoms. The largest absolute Gasteiger partial charge is 0.497 e. The van der Waals surface area contributed by atoms with E-state index in [1.807, 2.05) is 61.2 Å². The second-order valence-corrected chi connectivity index (χ2v) is 7.95. The number of carbonyl (C=O) groups is 1. The van der Waals surface area contributed by atoms with Crippen LogP contribution in [0.2, 0.25) is 0 Å². The Morgan fingerprint density at radius 3 is 2.53 bits per heavy atom. The highest BCUT2D eigenvalue weighted by Gasteiger charge is 2.23. The predicted molar refractivity (Wildman–Crippen MR) is 120 cm³/mol. The Labute approximate surface area is 187 Å². The van der Waals surface area contributed by atoms with Gasteiger partial charge in [0.2, 0.25) is 11.7 Å². The van der Waals surface area contributed by atoms with Gasteiger partial charge in [0.15, 0.2) is 6.61 Å². The first-order valence-electron chi connectivity index (χ1n) is 10.7. The van der Waals surface area contributed by atoms with Crippen LogP contribution in [0, 0.1) is 13.8 Å². The number of rotatable bonds is 7. The molecule has 32 heavy (non-hydrogen) atoms. The Bertz CT molecular complexity index is 1060. The molecule has 3 aromatic rings. The first-order valence-corrected chi connectivity index (χ1v) is 10.7. The van der Waals surface area contributed by atoms with E-state index in [-0.39, 0.29) is 12.5 Å². The molecule has 1 aromatic heterocycles. The molecule has 0 atom stereocenters. The molecule has 1 aliphatic rings. The minimum absolute atomic E-state index is 0.00476. The molecule has 0 unspecified atom stereocenters. The minimum Gasteiger partial charge on any atom is -0.497 e.